The molecule has 0 aliphatic carbocycles. The Morgan fingerprint density at radius 3 is 2.12 bits per heavy atom. The Morgan fingerprint density at radius 1 is 0.875 bits per heavy atom. The number of methoxy groups -OCH3 is 1. The lowest BCUT2D eigenvalue weighted by molar-refractivity contribution is -0.140. The summed E-state index contributed by atoms with van der Waals surface area (Å²) in [4.78, 5) is 25.0. The minimum Gasteiger partial charge on any atom is -0.469 e. The van der Waals surface area contributed by atoms with Crippen molar-refractivity contribution >= 4 is 11.7 Å². The second-order valence-electron chi connectivity index (χ2n) is 7.59. The first-order chi connectivity index (χ1) is 15.5. The Kier molecular flexibility index (Phi) is 5.94. The molecule has 6 heteroatoms. The van der Waals surface area contributed by atoms with Gasteiger partial charge < -0.3 is 10.5 Å². The largest absolute Gasteiger partial charge is 0.469 e. The molecule has 3 aromatic carbocycles. The fraction of sp³-hybridized carbons (Fsp3) is 0.154. The van der Waals surface area contributed by atoms with E-state index in [9.17, 15) is 9.59 Å². The molecule has 0 aliphatic heterocycles. The first-order valence-electron chi connectivity index (χ1n) is 10.4. The number of aryl methyl sites for hydroxylation is 1. The molecule has 0 atom stereocenters. The number of nitrogens with zero attached hydrogens (tertiary/aromatic N) is 2. The fourth-order valence-electron chi connectivity index (χ4n) is 3.87. The normalized spacial score (nSPS) is 10.8. The lowest BCUT2D eigenvalue weighted by Crippen LogP contribution is -2.22. The summed E-state index contributed by atoms with van der Waals surface area (Å²) < 4.78 is 8.15. The minimum atomic E-state index is -0.241. The van der Waals surface area contributed by atoms with E-state index in [1.807, 2.05) is 85.8 Å². The molecular formula is C26H25N3O3. The number of hydrogen-bond acceptors (Lipinski definition) is 4. The molecule has 162 valence electrons. The number of para-hydroxylation sites is 1. The highest BCUT2D eigenvalue weighted by Gasteiger charge is 2.20. The lowest BCUT2D eigenvalue weighted by atomic mass is 10.1. The van der Waals surface area contributed by atoms with Gasteiger partial charge in [-0.3, -0.25) is 13.9 Å². The Balaban J connectivity index is 1.82. The van der Waals surface area contributed by atoms with E-state index in [1.54, 1.807) is 9.13 Å². The van der Waals surface area contributed by atoms with Crippen molar-refractivity contribution < 1.29 is 9.53 Å². The molecule has 0 unspecified atom stereocenters. The van der Waals surface area contributed by atoms with Gasteiger partial charge >= 0.3 is 11.7 Å². The number of anilines is 1. The van der Waals surface area contributed by atoms with Gasteiger partial charge in [0.25, 0.3) is 0 Å². The molecule has 0 spiro atoms. The van der Waals surface area contributed by atoms with E-state index in [-0.39, 0.29) is 11.7 Å². The van der Waals surface area contributed by atoms with Crippen LogP contribution in [0.15, 0.2) is 83.7 Å². The Labute approximate surface area is 186 Å². The maximum absolute atomic E-state index is 13.6. The number of carbonyl (C=O) groups is 1. The molecule has 0 radical (unpaired) electrons. The summed E-state index contributed by atoms with van der Waals surface area (Å²) in [7, 11) is 1.39. The number of nitrogens with two attached hydrogens (primary N) is 1. The van der Waals surface area contributed by atoms with Crippen LogP contribution in [0.4, 0.5) is 5.69 Å². The van der Waals surface area contributed by atoms with E-state index in [1.165, 1.54) is 7.11 Å². The van der Waals surface area contributed by atoms with Crippen molar-refractivity contribution in [1.29, 1.82) is 0 Å². The molecule has 32 heavy (non-hydrogen) atoms. The molecule has 0 fully saturated rings. The molecule has 0 bridgehead atoms. The first-order valence-corrected chi connectivity index (χ1v) is 10.4. The second kappa shape index (κ2) is 8.98. The van der Waals surface area contributed by atoms with E-state index >= 15 is 0 Å². The van der Waals surface area contributed by atoms with Gasteiger partial charge in [-0.25, -0.2) is 4.79 Å². The molecule has 4 rings (SSSR count). The average molecular weight is 428 g/mol. The number of rotatable bonds is 6. The third-order valence-corrected chi connectivity index (χ3v) is 5.52. The number of ether oxygens (including phenoxy) is 1. The quantitative estimate of drug-likeness (QED) is 0.368. The maximum atomic E-state index is 13.6. The summed E-state index contributed by atoms with van der Waals surface area (Å²) in [6, 6.07) is 24.8. The van der Waals surface area contributed by atoms with Crippen molar-refractivity contribution in [3.8, 4) is 22.6 Å². The predicted molar refractivity (Wildman–Crippen MR) is 126 cm³/mol. The molecule has 6 nitrogen and oxygen atoms in total. The van der Waals surface area contributed by atoms with Crippen LogP contribution in [0.25, 0.3) is 22.6 Å². The summed E-state index contributed by atoms with van der Waals surface area (Å²) >= 11 is 0. The van der Waals surface area contributed by atoms with E-state index in [0.717, 1.165) is 33.9 Å². The van der Waals surface area contributed by atoms with E-state index in [0.29, 0.717) is 18.5 Å². The monoisotopic (exact) mass is 427 g/mol. The van der Waals surface area contributed by atoms with Crippen molar-refractivity contribution in [1.82, 2.24) is 9.13 Å². The molecule has 0 saturated carbocycles. The van der Waals surface area contributed by atoms with Crippen LogP contribution in [0.2, 0.25) is 0 Å². The van der Waals surface area contributed by atoms with Gasteiger partial charge in [-0.1, -0.05) is 42.5 Å². The SMILES string of the molecule is COC(=O)CCc1ccc(-n2c(C)c(-c3ccc(N)cc3)n(-c3ccccc3)c2=O)cc1. The molecular weight excluding hydrogens is 402 g/mol. The zero-order chi connectivity index (χ0) is 22.7. The third-order valence-electron chi connectivity index (χ3n) is 5.52. The summed E-state index contributed by atoms with van der Waals surface area (Å²) in [5, 5.41) is 0. The second-order valence-corrected chi connectivity index (χ2v) is 7.59. The zero-order valence-corrected chi connectivity index (χ0v) is 18.1. The van der Waals surface area contributed by atoms with Gasteiger partial charge in [0, 0.05) is 23.4 Å². The molecule has 1 heterocycles. The van der Waals surface area contributed by atoms with Crippen LogP contribution in [0, 0.1) is 6.92 Å². The molecule has 2 N–H and O–H groups in total. The van der Waals surface area contributed by atoms with Crippen molar-refractivity contribution in [2.75, 3.05) is 12.8 Å². The van der Waals surface area contributed by atoms with E-state index < -0.39 is 0 Å². The van der Waals surface area contributed by atoms with Gasteiger partial charge in [0.15, 0.2) is 0 Å². The third kappa shape index (κ3) is 4.07. The Morgan fingerprint density at radius 2 is 1.50 bits per heavy atom. The van der Waals surface area contributed by atoms with Gasteiger partial charge in [-0.05, 0) is 55.3 Å². The summed E-state index contributed by atoms with van der Waals surface area (Å²) in [5.41, 5.74) is 11.5. The van der Waals surface area contributed by atoms with Crippen LogP contribution < -0.4 is 11.4 Å². The molecule has 0 saturated heterocycles. The van der Waals surface area contributed by atoms with E-state index in [2.05, 4.69) is 0 Å². The van der Waals surface area contributed by atoms with Gasteiger partial charge in [-0.2, -0.15) is 0 Å². The van der Waals surface area contributed by atoms with Crippen LogP contribution in [0.3, 0.4) is 0 Å². The maximum Gasteiger partial charge on any atom is 0.338 e. The Hall–Kier alpha value is -4.06. The highest BCUT2D eigenvalue weighted by molar-refractivity contribution is 5.70. The van der Waals surface area contributed by atoms with Crippen molar-refractivity contribution in [2.24, 2.45) is 0 Å². The van der Waals surface area contributed by atoms with Crippen LogP contribution >= 0.6 is 0 Å². The van der Waals surface area contributed by atoms with Crippen LogP contribution in [-0.4, -0.2) is 22.2 Å². The van der Waals surface area contributed by atoms with Gasteiger partial charge in [-0.15, -0.1) is 0 Å². The number of aromatic nitrogens is 2. The molecule has 0 amide bonds. The first kappa shape index (κ1) is 21.2. The highest BCUT2D eigenvalue weighted by Crippen LogP contribution is 2.28. The van der Waals surface area contributed by atoms with Gasteiger partial charge in [0.05, 0.1) is 24.2 Å². The number of esters is 1. The fourth-order valence-corrected chi connectivity index (χ4v) is 3.87. The number of benzene rings is 3. The molecule has 0 aliphatic rings. The standard InChI is InChI=1S/C26H25N3O3/c1-18-25(20-11-13-21(27)14-12-20)29(22-6-4-3-5-7-22)26(31)28(18)23-15-8-19(9-16-23)10-17-24(30)32-2/h3-9,11-16H,10,17,27H2,1-2H3. The smallest absolute Gasteiger partial charge is 0.338 e. The lowest BCUT2D eigenvalue weighted by Gasteiger charge is -2.09. The Bertz CT molecular complexity index is 1290. The summed E-state index contributed by atoms with van der Waals surface area (Å²) in [5.74, 6) is -0.241. The van der Waals surface area contributed by atoms with Gasteiger partial charge in [0.1, 0.15) is 0 Å². The number of carbonyl (C=O) groups excluding carboxylic acids is 1. The van der Waals surface area contributed by atoms with Crippen molar-refractivity contribution in [2.45, 2.75) is 19.8 Å². The van der Waals surface area contributed by atoms with Crippen molar-refractivity contribution in [3.63, 3.8) is 0 Å². The highest BCUT2D eigenvalue weighted by atomic mass is 16.5. The van der Waals surface area contributed by atoms with Crippen LogP contribution in [0.1, 0.15) is 17.7 Å². The molecule has 4 aromatic rings. The molecule has 1 aromatic heterocycles. The number of imidazole rings is 1. The number of hydrogen-bond donors (Lipinski definition) is 1. The van der Waals surface area contributed by atoms with Gasteiger partial charge in [0.2, 0.25) is 0 Å². The summed E-state index contributed by atoms with van der Waals surface area (Å²) in [6.07, 6.45) is 0.906. The number of nitrogen functional groups attached to an aromatic ring is 1. The predicted octanol–water partition coefficient (Wildman–Crippen LogP) is 4.29. The van der Waals surface area contributed by atoms with E-state index in [4.69, 9.17) is 10.5 Å². The average Bonchev–Trinajstić information content (AvgIpc) is 3.08. The van der Waals surface area contributed by atoms with Crippen LogP contribution in [-0.2, 0) is 16.0 Å². The van der Waals surface area contributed by atoms with Crippen LogP contribution in [0.5, 0.6) is 0 Å². The topological polar surface area (TPSA) is 79.2 Å². The van der Waals surface area contributed by atoms with Crippen molar-refractivity contribution in [3.05, 3.63) is 101 Å². The zero-order valence-electron chi connectivity index (χ0n) is 18.1. The minimum absolute atomic E-state index is 0.150. The summed E-state index contributed by atoms with van der Waals surface area (Å²) in [6.45, 7) is 1.94.